The highest BCUT2D eigenvalue weighted by molar-refractivity contribution is 5.86. The molecule has 0 spiro atoms. The number of likely N-dealkylation sites (N-methyl/N-ethyl adjacent to an activating group) is 1. The van der Waals surface area contributed by atoms with Crippen molar-refractivity contribution in [1.29, 1.82) is 0 Å². The van der Waals surface area contributed by atoms with Gasteiger partial charge in [0.2, 0.25) is 0 Å². The van der Waals surface area contributed by atoms with Gasteiger partial charge >= 0.3 is 0 Å². The molecule has 2 aromatic rings. The van der Waals surface area contributed by atoms with Crippen LogP contribution in [0.4, 0.5) is 4.39 Å². The van der Waals surface area contributed by atoms with Gasteiger partial charge in [-0.25, -0.2) is 4.39 Å². The Labute approximate surface area is 145 Å². The second kappa shape index (κ2) is 8.13. The molecule has 126 valence electrons. The molecule has 24 heavy (non-hydrogen) atoms. The predicted octanol–water partition coefficient (Wildman–Crippen LogP) is 5.39. The molecule has 0 aliphatic heterocycles. The van der Waals surface area contributed by atoms with E-state index in [0.29, 0.717) is 6.54 Å². The lowest BCUT2D eigenvalue weighted by atomic mass is 9.98. The molecule has 2 rings (SSSR count). The molecule has 0 radical (unpaired) electrons. The minimum absolute atomic E-state index is 0.000665. The molecule has 0 aromatic heterocycles. The minimum atomic E-state index is -0.411. The van der Waals surface area contributed by atoms with Crippen molar-refractivity contribution in [2.24, 2.45) is 5.41 Å². The van der Waals surface area contributed by atoms with Gasteiger partial charge in [0.1, 0.15) is 6.67 Å². The molecule has 0 N–H and O–H groups in total. The Morgan fingerprint density at radius 1 is 1.12 bits per heavy atom. The summed E-state index contributed by atoms with van der Waals surface area (Å²) in [6.07, 6.45) is 3.85. The van der Waals surface area contributed by atoms with E-state index in [4.69, 9.17) is 0 Å². The molecule has 0 amide bonds. The van der Waals surface area contributed by atoms with E-state index in [1.807, 2.05) is 48.4 Å². The number of hydrogen-bond acceptors (Lipinski definition) is 1. The third-order valence-corrected chi connectivity index (χ3v) is 3.90. The number of alkyl halides is 1. The first-order valence-corrected chi connectivity index (χ1v) is 8.34. The second-order valence-corrected chi connectivity index (χ2v) is 7.10. The van der Waals surface area contributed by atoms with Crippen LogP contribution in [0, 0.1) is 17.3 Å². The van der Waals surface area contributed by atoms with Crippen LogP contribution in [0.2, 0.25) is 0 Å². The van der Waals surface area contributed by atoms with Crippen molar-refractivity contribution in [3.8, 4) is 11.8 Å². The maximum Gasteiger partial charge on any atom is 0.109 e. The minimum Gasteiger partial charge on any atom is -0.293 e. The number of nitrogens with zero attached hydrogens (tertiary/aromatic N) is 1. The number of hydrogen-bond donors (Lipinski definition) is 0. The zero-order valence-corrected chi connectivity index (χ0v) is 15.0. The van der Waals surface area contributed by atoms with Crippen molar-refractivity contribution in [2.75, 3.05) is 20.3 Å². The van der Waals surface area contributed by atoms with E-state index in [9.17, 15) is 4.39 Å². The summed E-state index contributed by atoms with van der Waals surface area (Å²) in [5.41, 5.74) is 1.04. The Hall–Kier alpha value is -2.11. The topological polar surface area (TPSA) is 3.24 Å². The van der Waals surface area contributed by atoms with Crippen molar-refractivity contribution in [1.82, 2.24) is 4.90 Å². The summed E-state index contributed by atoms with van der Waals surface area (Å²) in [5, 5.41) is 2.26. The van der Waals surface area contributed by atoms with Crippen LogP contribution in [-0.2, 0) is 0 Å². The van der Waals surface area contributed by atoms with Crippen molar-refractivity contribution < 1.29 is 4.39 Å². The Balaban J connectivity index is 2.15. The zero-order valence-electron chi connectivity index (χ0n) is 15.0. The van der Waals surface area contributed by atoms with Gasteiger partial charge in [-0.05, 0) is 50.2 Å². The summed E-state index contributed by atoms with van der Waals surface area (Å²) in [4.78, 5) is 2.02. The lowest BCUT2D eigenvalue weighted by Crippen LogP contribution is -2.26. The third-order valence-electron chi connectivity index (χ3n) is 3.90. The van der Waals surface area contributed by atoms with Crippen LogP contribution in [0.3, 0.4) is 0 Å². The molecular formula is C22H26FN. The van der Waals surface area contributed by atoms with Gasteiger partial charge in [-0.15, -0.1) is 0 Å². The Bertz CT molecular complexity index is 753. The summed E-state index contributed by atoms with van der Waals surface area (Å²) in [5.74, 6) is 6.22. The molecule has 0 aliphatic rings. The third kappa shape index (κ3) is 4.94. The van der Waals surface area contributed by atoms with E-state index < -0.39 is 6.67 Å². The fraction of sp³-hybridized carbons (Fsp3) is 0.364. The Morgan fingerprint density at radius 3 is 2.54 bits per heavy atom. The van der Waals surface area contributed by atoms with Crippen LogP contribution in [0.25, 0.3) is 10.8 Å². The van der Waals surface area contributed by atoms with Gasteiger partial charge < -0.3 is 0 Å². The van der Waals surface area contributed by atoms with Crippen LogP contribution >= 0.6 is 0 Å². The maximum absolute atomic E-state index is 13.8. The molecule has 0 heterocycles. The fourth-order valence-corrected chi connectivity index (χ4v) is 2.64. The number of rotatable bonds is 5. The first kappa shape index (κ1) is 18.2. The largest absolute Gasteiger partial charge is 0.293 e. The molecule has 0 saturated heterocycles. The molecular weight excluding hydrogens is 297 g/mol. The van der Waals surface area contributed by atoms with Gasteiger partial charge in [0, 0.05) is 12.0 Å². The van der Waals surface area contributed by atoms with Gasteiger partial charge in [0.05, 0.1) is 6.04 Å². The fourth-order valence-electron chi connectivity index (χ4n) is 2.64. The zero-order chi connectivity index (χ0) is 17.6. The molecule has 1 unspecified atom stereocenters. The highest BCUT2D eigenvalue weighted by Crippen LogP contribution is 2.28. The number of benzene rings is 2. The van der Waals surface area contributed by atoms with Crippen LogP contribution in [0.1, 0.15) is 32.4 Å². The van der Waals surface area contributed by atoms with E-state index in [2.05, 4.69) is 50.8 Å². The molecule has 0 fully saturated rings. The normalized spacial score (nSPS) is 13.2. The van der Waals surface area contributed by atoms with Crippen molar-refractivity contribution >= 4 is 10.8 Å². The number of allylic oxidation sites excluding steroid dienone is 1. The van der Waals surface area contributed by atoms with E-state index >= 15 is 0 Å². The number of fused-ring (bicyclic) bond motifs is 1. The molecule has 0 saturated carbocycles. The lowest BCUT2D eigenvalue weighted by molar-refractivity contribution is 0.223. The SMILES string of the molecule is CN(C/C=C/C#CC(C)(C)C)C(CF)c1cccc2ccccc12. The van der Waals surface area contributed by atoms with E-state index in [1.54, 1.807) is 0 Å². The van der Waals surface area contributed by atoms with Crippen molar-refractivity contribution in [3.63, 3.8) is 0 Å². The lowest BCUT2D eigenvalue weighted by Gasteiger charge is -2.26. The summed E-state index contributed by atoms with van der Waals surface area (Å²) in [6.45, 7) is 6.50. The summed E-state index contributed by atoms with van der Waals surface area (Å²) in [6, 6.07) is 14.0. The first-order chi connectivity index (χ1) is 11.4. The highest BCUT2D eigenvalue weighted by Gasteiger charge is 2.18. The monoisotopic (exact) mass is 323 g/mol. The summed E-state index contributed by atoms with van der Waals surface area (Å²) < 4.78 is 13.8. The van der Waals surface area contributed by atoms with Crippen LogP contribution < -0.4 is 0 Å². The Morgan fingerprint density at radius 2 is 1.83 bits per heavy atom. The van der Waals surface area contributed by atoms with E-state index in [1.165, 1.54) is 0 Å². The van der Waals surface area contributed by atoms with Gasteiger partial charge in [0.15, 0.2) is 0 Å². The standard InChI is InChI=1S/C22H26FN/c1-22(2,3)15-8-5-9-16-24(4)21(17-23)20-14-10-12-18-11-6-7-13-19(18)20/h5-7,9-14,21H,16-17H2,1-4H3/b9-5+. The van der Waals surface area contributed by atoms with Crippen LogP contribution in [0.15, 0.2) is 54.6 Å². The van der Waals surface area contributed by atoms with Gasteiger partial charge in [0.25, 0.3) is 0 Å². The quantitative estimate of drug-likeness (QED) is 0.667. The second-order valence-electron chi connectivity index (χ2n) is 7.10. The number of halogens is 1. The molecule has 2 heteroatoms. The molecule has 1 nitrogen and oxygen atoms in total. The first-order valence-electron chi connectivity index (χ1n) is 8.34. The van der Waals surface area contributed by atoms with Gasteiger partial charge in [-0.1, -0.05) is 60.4 Å². The van der Waals surface area contributed by atoms with Crippen molar-refractivity contribution in [3.05, 3.63) is 60.2 Å². The highest BCUT2D eigenvalue weighted by atomic mass is 19.1. The van der Waals surface area contributed by atoms with E-state index in [0.717, 1.165) is 16.3 Å². The van der Waals surface area contributed by atoms with Crippen LogP contribution in [0.5, 0.6) is 0 Å². The van der Waals surface area contributed by atoms with Gasteiger partial charge in [-0.3, -0.25) is 4.90 Å². The maximum atomic E-state index is 13.8. The average molecular weight is 323 g/mol. The van der Waals surface area contributed by atoms with Crippen molar-refractivity contribution in [2.45, 2.75) is 26.8 Å². The van der Waals surface area contributed by atoms with Crippen LogP contribution in [-0.4, -0.2) is 25.2 Å². The summed E-state index contributed by atoms with van der Waals surface area (Å²) in [7, 11) is 1.95. The molecule has 0 bridgehead atoms. The van der Waals surface area contributed by atoms with E-state index in [-0.39, 0.29) is 11.5 Å². The molecule has 2 aromatic carbocycles. The smallest absolute Gasteiger partial charge is 0.109 e. The Kier molecular flexibility index (Phi) is 6.17. The molecule has 0 aliphatic carbocycles. The average Bonchev–Trinajstić information content (AvgIpc) is 2.54. The van der Waals surface area contributed by atoms with Gasteiger partial charge in [-0.2, -0.15) is 0 Å². The predicted molar refractivity (Wildman–Crippen MR) is 102 cm³/mol. The summed E-state index contributed by atoms with van der Waals surface area (Å²) >= 11 is 0. The molecule has 1 atom stereocenters.